The molecular formula is C5H5NO4. The molecule has 1 heterocycles. The van der Waals surface area contributed by atoms with Gasteiger partial charge < -0.3 is 14.3 Å². The molecule has 5 nitrogen and oxygen atoms in total. The first-order valence-corrected chi connectivity index (χ1v) is 2.51. The molecule has 0 aliphatic rings. The Morgan fingerprint density at radius 3 is 3.00 bits per heavy atom. The lowest BCUT2D eigenvalue weighted by Gasteiger charge is -1.88. The highest BCUT2D eigenvalue weighted by Gasteiger charge is 2.04. The second-order valence-corrected chi connectivity index (χ2v) is 1.57. The van der Waals surface area contributed by atoms with E-state index in [9.17, 15) is 4.79 Å². The average molecular weight is 143 g/mol. The fraction of sp³-hybridized carbons (Fsp3) is 0.200. The molecule has 0 aliphatic heterocycles. The van der Waals surface area contributed by atoms with Gasteiger partial charge in [0.1, 0.15) is 6.20 Å². The first-order chi connectivity index (χ1) is 4.68. The highest BCUT2D eigenvalue weighted by atomic mass is 16.7. The van der Waals surface area contributed by atoms with Crippen molar-refractivity contribution in [3.05, 3.63) is 12.1 Å². The number of aryl methyl sites for hydroxylation is 1. The Hall–Kier alpha value is -1.52. The minimum absolute atomic E-state index is 0.106. The number of carbonyl (C=O) groups is 1. The highest BCUT2D eigenvalue weighted by Crippen LogP contribution is 2.10. The average Bonchev–Trinajstić information content (AvgIpc) is 2.13. The van der Waals surface area contributed by atoms with Crippen molar-refractivity contribution in [2.24, 2.45) is 0 Å². The van der Waals surface area contributed by atoms with Crippen molar-refractivity contribution < 1.29 is 19.1 Å². The van der Waals surface area contributed by atoms with Crippen LogP contribution in [0.15, 0.2) is 10.6 Å². The van der Waals surface area contributed by atoms with Crippen LogP contribution < -0.4 is 4.74 Å². The van der Waals surface area contributed by atoms with E-state index in [-0.39, 0.29) is 5.95 Å². The molecule has 0 aliphatic carbocycles. The smallest absolute Gasteiger partial charge is 0.449 e. The monoisotopic (exact) mass is 143 g/mol. The number of carboxylic acid groups (broad SMARTS) is 1. The fourth-order valence-corrected chi connectivity index (χ4v) is 0.475. The molecule has 1 aromatic rings. The van der Waals surface area contributed by atoms with Crippen molar-refractivity contribution >= 4 is 6.16 Å². The maximum absolute atomic E-state index is 9.87. The van der Waals surface area contributed by atoms with Crippen LogP contribution in [0, 0.1) is 6.92 Å². The summed E-state index contributed by atoms with van der Waals surface area (Å²) in [6.45, 7) is 1.59. The molecule has 0 bridgehead atoms. The van der Waals surface area contributed by atoms with Crippen LogP contribution in [0.4, 0.5) is 4.79 Å². The quantitative estimate of drug-likeness (QED) is 0.594. The number of rotatable bonds is 1. The minimum atomic E-state index is -1.41. The number of aromatic nitrogens is 1. The van der Waals surface area contributed by atoms with Gasteiger partial charge in [-0.15, -0.1) is 0 Å². The van der Waals surface area contributed by atoms with E-state index in [0.717, 1.165) is 0 Å². The van der Waals surface area contributed by atoms with Crippen LogP contribution in [0.3, 0.4) is 0 Å². The molecule has 54 valence electrons. The lowest BCUT2D eigenvalue weighted by atomic mass is 10.8. The topological polar surface area (TPSA) is 72.6 Å². The van der Waals surface area contributed by atoms with Crippen molar-refractivity contribution in [3.8, 4) is 5.95 Å². The van der Waals surface area contributed by atoms with E-state index in [2.05, 4.69) is 14.1 Å². The number of oxazole rings is 1. The largest absolute Gasteiger partial charge is 0.513 e. The van der Waals surface area contributed by atoms with Crippen LogP contribution in [0.2, 0.25) is 0 Å². The molecule has 0 fully saturated rings. The van der Waals surface area contributed by atoms with E-state index in [4.69, 9.17) is 5.11 Å². The zero-order valence-corrected chi connectivity index (χ0v) is 5.20. The Kier molecular flexibility index (Phi) is 1.57. The zero-order valence-electron chi connectivity index (χ0n) is 5.20. The molecular weight excluding hydrogens is 138 g/mol. The Bertz CT molecular complexity index is 242. The van der Waals surface area contributed by atoms with Gasteiger partial charge >= 0.3 is 12.1 Å². The Balaban J connectivity index is 2.67. The number of hydrogen-bond donors (Lipinski definition) is 1. The summed E-state index contributed by atoms with van der Waals surface area (Å²) in [6.07, 6.45) is -0.208. The van der Waals surface area contributed by atoms with E-state index in [1.165, 1.54) is 6.20 Å². The van der Waals surface area contributed by atoms with Gasteiger partial charge in [-0.2, -0.15) is 0 Å². The maximum atomic E-state index is 9.87. The molecule has 0 radical (unpaired) electrons. The van der Waals surface area contributed by atoms with E-state index in [0.29, 0.717) is 5.89 Å². The molecule has 0 saturated carbocycles. The van der Waals surface area contributed by atoms with Crippen molar-refractivity contribution in [3.63, 3.8) is 0 Å². The van der Waals surface area contributed by atoms with Gasteiger partial charge in [-0.25, -0.2) is 9.78 Å². The molecule has 5 heteroatoms. The van der Waals surface area contributed by atoms with Crippen LogP contribution in [0.25, 0.3) is 0 Å². The fourth-order valence-electron chi connectivity index (χ4n) is 0.475. The minimum Gasteiger partial charge on any atom is -0.449 e. The standard InChI is InChI=1S/C5H5NO4/c1-3-6-2-4(9-3)10-5(7)8/h2H,1H3,(H,7,8). The molecule has 1 rings (SSSR count). The molecule has 0 spiro atoms. The number of ether oxygens (including phenoxy) is 1. The van der Waals surface area contributed by atoms with Gasteiger partial charge in [0.15, 0.2) is 5.89 Å². The number of nitrogens with zero attached hydrogens (tertiary/aromatic N) is 1. The van der Waals surface area contributed by atoms with Crippen molar-refractivity contribution in [2.75, 3.05) is 0 Å². The van der Waals surface area contributed by atoms with E-state index in [1.807, 2.05) is 0 Å². The lowest BCUT2D eigenvalue weighted by Crippen LogP contribution is -2.01. The molecule has 1 aromatic heterocycles. The van der Waals surface area contributed by atoms with Gasteiger partial charge in [0.2, 0.25) is 0 Å². The molecule has 0 aromatic carbocycles. The first kappa shape index (κ1) is 6.60. The number of hydrogen-bond acceptors (Lipinski definition) is 4. The third-order valence-corrected chi connectivity index (χ3v) is 0.788. The van der Waals surface area contributed by atoms with Crippen molar-refractivity contribution in [1.82, 2.24) is 4.98 Å². The summed E-state index contributed by atoms with van der Waals surface area (Å²) in [4.78, 5) is 13.5. The highest BCUT2D eigenvalue weighted by molar-refractivity contribution is 5.59. The Morgan fingerprint density at radius 1 is 1.90 bits per heavy atom. The SMILES string of the molecule is Cc1ncc(OC(=O)O)o1. The molecule has 10 heavy (non-hydrogen) atoms. The first-order valence-electron chi connectivity index (χ1n) is 2.51. The van der Waals surface area contributed by atoms with Gasteiger partial charge in [0.25, 0.3) is 0 Å². The van der Waals surface area contributed by atoms with Gasteiger partial charge in [-0.3, -0.25) is 0 Å². The molecule has 0 amide bonds. The van der Waals surface area contributed by atoms with Crippen LogP contribution in [-0.4, -0.2) is 16.2 Å². The van der Waals surface area contributed by atoms with E-state index in [1.54, 1.807) is 6.92 Å². The van der Waals surface area contributed by atoms with Gasteiger partial charge in [0.05, 0.1) is 0 Å². The Labute approximate surface area is 56.2 Å². The summed E-state index contributed by atoms with van der Waals surface area (Å²) in [5, 5.41) is 8.07. The zero-order chi connectivity index (χ0) is 7.56. The van der Waals surface area contributed by atoms with Crippen molar-refractivity contribution in [1.29, 1.82) is 0 Å². The molecule has 0 saturated heterocycles. The molecule has 0 unspecified atom stereocenters. The lowest BCUT2D eigenvalue weighted by molar-refractivity contribution is 0.132. The molecule has 0 atom stereocenters. The van der Waals surface area contributed by atoms with Crippen LogP contribution >= 0.6 is 0 Å². The van der Waals surface area contributed by atoms with Gasteiger partial charge in [-0.1, -0.05) is 0 Å². The molecule has 1 N–H and O–H groups in total. The second-order valence-electron chi connectivity index (χ2n) is 1.57. The van der Waals surface area contributed by atoms with Gasteiger partial charge in [0, 0.05) is 6.92 Å². The van der Waals surface area contributed by atoms with Crippen molar-refractivity contribution in [2.45, 2.75) is 6.92 Å². The second kappa shape index (κ2) is 2.38. The maximum Gasteiger partial charge on any atom is 0.513 e. The van der Waals surface area contributed by atoms with Crippen LogP contribution in [-0.2, 0) is 0 Å². The third kappa shape index (κ3) is 1.48. The summed E-state index contributed by atoms with van der Waals surface area (Å²) in [6, 6.07) is 0. The summed E-state index contributed by atoms with van der Waals surface area (Å²) >= 11 is 0. The summed E-state index contributed by atoms with van der Waals surface area (Å²) in [7, 11) is 0. The van der Waals surface area contributed by atoms with E-state index < -0.39 is 6.16 Å². The predicted octanol–water partition coefficient (Wildman–Crippen LogP) is 1.04. The van der Waals surface area contributed by atoms with E-state index >= 15 is 0 Å². The normalized spacial score (nSPS) is 9.30. The summed E-state index contributed by atoms with van der Waals surface area (Å²) < 4.78 is 8.80. The summed E-state index contributed by atoms with van der Waals surface area (Å²) in [5.74, 6) is 0.265. The van der Waals surface area contributed by atoms with Gasteiger partial charge in [-0.05, 0) is 0 Å². The third-order valence-electron chi connectivity index (χ3n) is 0.788. The Morgan fingerprint density at radius 2 is 2.60 bits per heavy atom. The predicted molar refractivity (Wildman–Crippen MR) is 29.9 cm³/mol. The van der Waals surface area contributed by atoms with Crippen LogP contribution in [0.1, 0.15) is 5.89 Å². The van der Waals surface area contributed by atoms with Crippen LogP contribution in [0.5, 0.6) is 5.95 Å². The summed E-state index contributed by atoms with van der Waals surface area (Å²) in [5.41, 5.74) is 0.